The molecule has 1 atom stereocenters. The number of nitrogens with zero attached hydrogens (tertiary/aromatic N) is 4. The van der Waals surface area contributed by atoms with Crippen molar-refractivity contribution < 1.29 is 47.7 Å². The molecule has 85 heavy (non-hydrogen) atoms. The molecule has 2 aromatic heterocycles. The van der Waals surface area contributed by atoms with Gasteiger partial charge in [-0.2, -0.15) is 10.0 Å². The number of carbonyl (C=O) groups excluding carboxylic acids is 5. The first-order chi connectivity index (χ1) is 41.6. The first-order valence-corrected chi connectivity index (χ1v) is 29.9. The number of hydrogen-bond acceptors (Lipinski definition) is 15. The third-order valence-electron chi connectivity index (χ3n) is 14.8. The zero-order valence-electron chi connectivity index (χ0n) is 46.0. The van der Waals surface area contributed by atoms with Crippen LogP contribution in [0.3, 0.4) is 0 Å². The van der Waals surface area contributed by atoms with Gasteiger partial charge in [-0.15, -0.1) is 34.9 Å². The summed E-state index contributed by atoms with van der Waals surface area (Å²) in [4.78, 5) is 90.6. The Morgan fingerprint density at radius 3 is 1.55 bits per heavy atom. The number of fused-ring (bicyclic) bond motifs is 1. The van der Waals surface area contributed by atoms with Crippen LogP contribution in [0.15, 0.2) is 264 Å². The summed E-state index contributed by atoms with van der Waals surface area (Å²) >= 11 is 4.13. The number of amides is 2. The smallest absolute Gasteiger partial charge is 0.388 e. The Morgan fingerprint density at radius 2 is 1.09 bits per heavy atom. The Balaban J connectivity index is 0.929. The summed E-state index contributed by atoms with van der Waals surface area (Å²) < 4.78 is 12.7. The molecule has 9 aromatic rings. The van der Waals surface area contributed by atoms with E-state index >= 15 is 0 Å². The minimum Gasteiger partial charge on any atom is -0.465 e. The molecule has 0 radical (unpaired) electrons. The van der Waals surface area contributed by atoms with Gasteiger partial charge in [-0.25, -0.2) is 19.4 Å². The maximum Gasteiger partial charge on any atom is 0.388 e. The first kappa shape index (κ1) is 57.2. The van der Waals surface area contributed by atoms with Crippen molar-refractivity contribution >= 4 is 75.4 Å². The topological polar surface area (TPSA) is 179 Å². The van der Waals surface area contributed by atoms with Gasteiger partial charge in [-0.1, -0.05) is 217 Å². The quantitative estimate of drug-likeness (QED) is 0.0108. The fraction of sp³-hybridized carbons (Fsp3) is 0.134. The van der Waals surface area contributed by atoms with Crippen molar-refractivity contribution in [1.82, 2.24) is 15.4 Å². The Morgan fingerprint density at radius 1 is 0.635 bits per heavy atom. The van der Waals surface area contributed by atoms with Gasteiger partial charge in [0.2, 0.25) is 5.91 Å². The van der Waals surface area contributed by atoms with E-state index in [2.05, 4.69) is 16.0 Å². The number of carbonyl (C=O) groups is 5. The number of methoxy groups -OCH3 is 2. The fourth-order valence-electron chi connectivity index (χ4n) is 10.7. The minimum atomic E-state index is -2.06. The molecule has 0 aliphatic carbocycles. The molecule has 0 unspecified atom stereocenters. The molecule has 2 aliphatic rings. The van der Waals surface area contributed by atoms with E-state index in [0.29, 0.717) is 38.7 Å². The van der Waals surface area contributed by atoms with Gasteiger partial charge in [0.25, 0.3) is 5.60 Å². The first-order valence-electron chi connectivity index (χ1n) is 27.0. The Kier molecular flexibility index (Phi) is 17.1. The average molecular weight is 1180 g/mol. The SMILES string of the molecule is COC(=O)C(O/N=C(\C(=O)NOC(=O)C1=C(CSc2cc[n+](C(C(=O)OC)(c3ccccc3)c3ccccc3)cc2)CS[C@@H]2CC(=O)N12)c1csc(NC(c2ccccc2)(c2ccccc2)c2ccccc2)n1)(c1ccccc1)c1ccccc1. The second-order valence-electron chi connectivity index (χ2n) is 19.6. The largest absolute Gasteiger partial charge is 0.465 e. The highest BCUT2D eigenvalue weighted by Gasteiger charge is 2.53. The number of anilines is 1. The maximum absolute atomic E-state index is 15.0. The number of aromatic nitrogens is 2. The second-order valence-corrected chi connectivity index (χ2v) is 22.7. The van der Waals surface area contributed by atoms with E-state index in [1.165, 1.54) is 54.0 Å². The average Bonchev–Trinajstić information content (AvgIpc) is 3.97. The number of nitrogens with one attached hydrogen (secondary N) is 2. The van der Waals surface area contributed by atoms with E-state index in [1.54, 1.807) is 66.0 Å². The van der Waals surface area contributed by atoms with Crippen LogP contribution in [0, 0.1) is 0 Å². The number of β-lactam (4-membered cyclic amide) rings is 1. The molecule has 1 fully saturated rings. The van der Waals surface area contributed by atoms with E-state index in [1.807, 2.05) is 181 Å². The van der Waals surface area contributed by atoms with Gasteiger partial charge in [0.1, 0.15) is 16.9 Å². The third-order valence-corrected chi connectivity index (χ3v) is 17.9. The molecule has 7 aromatic carbocycles. The summed E-state index contributed by atoms with van der Waals surface area (Å²) in [5.41, 5.74) is 2.77. The van der Waals surface area contributed by atoms with Crippen molar-refractivity contribution in [2.75, 3.05) is 31.0 Å². The summed E-state index contributed by atoms with van der Waals surface area (Å²) in [7, 11) is 2.59. The molecule has 4 heterocycles. The van der Waals surface area contributed by atoms with E-state index in [-0.39, 0.29) is 34.8 Å². The lowest BCUT2D eigenvalue weighted by molar-refractivity contribution is -0.731. The summed E-state index contributed by atoms with van der Waals surface area (Å²) in [5, 5.41) is 9.86. The van der Waals surface area contributed by atoms with Crippen molar-refractivity contribution in [1.29, 1.82) is 0 Å². The van der Waals surface area contributed by atoms with Gasteiger partial charge < -0.3 is 24.5 Å². The number of hydroxylamine groups is 1. The molecule has 424 valence electrons. The molecule has 0 saturated carbocycles. The second kappa shape index (κ2) is 25.5. The lowest BCUT2D eigenvalue weighted by Crippen LogP contribution is -2.62. The highest BCUT2D eigenvalue weighted by atomic mass is 32.2. The molecule has 11 rings (SSSR count). The summed E-state index contributed by atoms with van der Waals surface area (Å²) in [5.74, 6) is -3.01. The molecule has 1 saturated heterocycles. The van der Waals surface area contributed by atoms with E-state index < -0.39 is 46.2 Å². The lowest BCUT2D eigenvalue weighted by atomic mass is 9.77. The summed E-state index contributed by atoms with van der Waals surface area (Å²) in [6, 6.07) is 69.5. The van der Waals surface area contributed by atoms with Crippen LogP contribution in [0.25, 0.3) is 0 Å². The van der Waals surface area contributed by atoms with Crippen molar-refractivity contribution in [3.05, 3.63) is 298 Å². The zero-order valence-corrected chi connectivity index (χ0v) is 48.4. The van der Waals surface area contributed by atoms with Crippen LogP contribution in [0.4, 0.5) is 5.13 Å². The minimum absolute atomic E-state index is 0.00322. The van der Waals surface area contributed by atoms with Crippen LogP contribution < -0.4 is 15.4 Å². The number of ether oxygens (including phenoxy) is 2. The van der Waals surface area contributed by atoms with Gasteiger partial charge in [0, 0.05) is 56.2 Å². The van der Waals surface area contributed by atoms with Crippen molar-refractivity contribution in [3.63, 3.8) is 0 Å². The molecule has 18 heteroatoms. The van der Waals surface area contributed by atoms with Gasteiger partial charge in [0.15, 0.2) is 23.2 Å². The zero-order chi connectivity index (χ0) is 58.8. The number of thiazole rings is 1. The van der Waals surface area contributed by atoms with Crippen LogP contribution >= 0.6 is 34.9 Å². The molecule has 2 aliphatic heterocycles. The number of esters is 2. The number of oxime groups is 1. The van der Waals surface area contributed by atoms with Crippen molar-refractivity contribution in [2.24, 2.45) is 5.16 Å². The van der Waals surface area contributed by atoms with Gasteiger partial charge in [-0.3, -0.25) is 14.5 Å². The monoisotopic (exact) mass is 1180 g/mol. The third kappa shape index (κ3) is 11.1. The summed E-state index contributed by atoms with van der Waals surface area (Å²) in [6.07, 6.45) is 3.85. The van der Waals surface area contributed by atoms with Crippen LogP contribution in [0.2, 0.25) is 0 Å². The van der Waals surface area contributed by atoms with Crippen LogP contribution in [-0.2, 0) is 59.8 Å². The Bertz CT molecular complexity index is 3720. The van der Waals surface area contributed by atoms with E-state index in [4.69, 9.17) is 24.1 Å². The van der Waals surface area contributed by atoms with Gasteiger partial charge in [-0.05, 0) is 22.3 Å². The van der Waals surface area contributed by atoms with Crippen molar-refractivity contribution in [2.45, 2.75) is 33.4 Å². The molecule has 2 N–H and O–H groups in total. The van der Waals surface area contributed by atoms with Crippen LogP contribution in [0.1, 0.15) is 51.1 Å². The van der Waals surface area contributed by atoms with E-state index in [0.717, 1.165) is 21.6 Å². The highest BCUT2D eigenvalue weighted by Crippen LogP contribution is 2.44. The molecule has 2 amide bonds. The van der Waals surface area contributed by atoms with Gasteiger partial charge in [0.05, 0.1) is 26.0 Å². The predicted octanol–water partition coefficient (Wildman–Crippen LogP) is 10.6. The predicted molar refractivity (Wildman–Crippen MR) is 326 cm³/mol. The Hall–Kier alpha value is -9.62. The normalized spacial score (nSPS) is 14.3. The standard InChI is InChI=1S/C67H54N6O9S3/c1-79-62(77)66(50-30-16-6-17-31-50,51-32-18-7-19-33-51)72-40-38-54(39-41-72)83-43-46-44-84-57-42-56(74)73(57)59(46)61(76)81-71-60(75)58(70-82-67(63(78)80-2,52-34-20-8-21-35-52)53-36-22-9-23-37-53)55-45-85-64(68-55)69-65(47-24-10-3-11-25-47,48-26-12-4-13-27-48)49-28-14-5-15-29-49/h3-41,45,57H,42-44H2,1-2H3,(H-,68,69,71,75)/p+1/b70-58-/t57-/m1/s1. The molecular formula is C67H55N6O9S3+. The highest BCUT2D eigenvalue weighted by molar-refractivity contribution is 8.01. The number of pyridine rings is 1. The van der Waals surface area contributed by atoms with Crippen LogP contribution in [0.5, 0.6) is 0 Å². The maximum atomic E-state index is 15.0. The van der Waals surface area contributed by atoms with Gasteiger partial charge >= 0.3 is 29.4 Å². The Labute approximate surface area is 503 Å². The molecular weight excluding hydrogens is 1130 g/mol. The number of rotatable bonds is 20. The number of thioether (sulfide) groups is 2. The van der Waals surface area contributed by atoms with E-state index in [9.17, 15) is 24.0 Å². The fourth-order valence-corrected chi connectivity index (χ4v) is 13.8. The molecule has 0 bridgehead atoms. The lowest BCUT2D eigenvalue weighted by Gasteiger charge is -2.44. The molecule has 15 nitrogen and oxygen atoms in total. The molecule has 0 spiro atoms. The van der Waals surface area contributed by atoms with Crippen LogP contribution in [-0.4, -0.2) is 76.4 Å². The summed E-state index contributed by atoms with van der Waals surface area (Å²) in [6.45, 7) is 0. The number of hydrogen-bond donors (Lipinski definition) is 2. The van der Waals surface area contributed by atoms with Crippen molar-refractivity contribution in [3.8, 4) is 0 Å². The number of benzene rings is 7.